The maximum Gasteiger partial charge on any atom is 0.251 e. The molecule has 134 valence electrons. The van der Waals surface area contributed by atoms with Gasteiger partial charge in [0.05, 0.1) is 40.7 Å². The van der Waals surface area contributed by atoms with Crippen molar-refractivity contribution in [3.05, 3.63) is 41.9 Å². The van der Waals surface area contributed by atoms with E-state index in [2.05, 4.69) is 10.6 Å². The average molecular weight is 348 g/mol. The minimum absolute atomic E-state index is 0.170. The Hall–Kier alpha value is -3.16. The lowest BCUT2D eigenvalue weighted by molar-refractivity contribution is -0.120. The van der Waals surface area contributed by atoms with Crippen molar-refractivity contribution >= 4 is 11.8 Å². The van der Waals surface area contributed by atoms with Crippen molar-refractivity contribution in [3.8, 4) is 17.2 Å². The van der Waals surface area contributed by atoms with Crippen LogP contribution in [0.2, 0.25) is 0 Å². The number of methoxy groups -OCH3 is 3. The van der Waals surface area contributed by atoms with E-state index in [1.807, 2.05) is 0 Å². The Morgan fingerprint density at radius 2 is 1.72 bits per heavy atom. The van der Waals surface area contributed by atoms with Gasteiger partial charge in [-0.05, 0) is 24.3 Å². The Bertz CT molecular complexity index is 702. The first-order valence-electron chi connectivity index (χ1n) is 7.46. The maximum absolute atomic E-state index is 12.3. The van der Waals surface area contributed by atoms with Crippen LogP contribution in [0.25, 0.3) is 0 Å². The summed E-state index contributed by atoms with van der Waals surface area (Å²) in [5, 5.41) is 5.17. The second-order valence-electron chi connectivity index (χ2n) is 4.95. The molecule has 2 N–H and O–H groups in total. The second kappa shape index (κ2) is 8.62. The molecule has 1 heterocycles. The molecule has 1 aromatic heterocycles. The van der Waals surface area contributed by atoms with Crippen LogP contribution in [0, 0.1) is 0 Å². The van der Waals surface area contributed by atoms with E-state index in [9.17, 15) is 9.59 Å². The van der Waals surface area contributed by atoms with E-state index in [0.29, 0.717) is 23.0 Å². The molecule has 0 bridgehead atoms. The Morgan fingerprint density at radius 1 is 1.04 bits per heavy atom. The normalized spacial score (nSPS) is 10.0. The van der Waals surface area contributed by atoms with Gasteiger partial charge in [-0.15, -0.1) is 0 Å². The number of furan rings is 1. The quantitative estimate of drug-likeness (QED) is 0.747. The molecule has 0 saturated heterocycles. The summed E-state index contributed by atoms with van der Waals surface area (Å²) in [7, 11) is 4.39. The fraction of sp³-hybridized carbons (Fsp3) is 0.294. The van der Waals surface area contributed by atoms with E-state index in [4.69, 9.17) is 18.6 Å². The van der Waals surface area contributed by atoms with E-state index < -0.39 is 5.91 Å². The highest BCUT2D eigenvalue weighted by molar-refractivity contribution is 5.97. The summed E-state index contributed by atoms with van der Waals surface area (Å²) in [6.45, 7) is 0.0854. The highest BCUT2D eigenvalue weighted by atomic mass is 16.5. The zero-order valence-corrected chi connectivity index (χ0v) is 14.3. The van der Waals surface area contributed by atoms with E-state index in [0.717, 1.165) is 0 Å². The number of carbonyl (C=O) groups is 2. The Kier molecular flexibility index (Phi) is 6.27. The van der Waals surface area contributed by atoms with Crippen LogP contribution >= 0.6 is 0 Å². The van der Waals surface area contributed by atoms with Crippen LogP contribution in [0.1, 0.15) is 16.1 Å². The van der Waals surface area contributed by atoms with Gasteiger partial charge in [-0.2, -0.15) is 0 Å². The summed E-state index contributed by atoms with van der Waals surface area (Å²) in [5.41, 5.74) is 0.285. The van der Waals surface area contributed by atoms with Crippen molar-refractivity contribution in [3.63, 3.8) is 0 Å². The van der Waals surface area contributed by atoms with Gasteiger partial charge in [0.1, 0.15) is 5.76 Å². The Morgan fingerprint density at radius 3 is 2.24 bits per heavy atom. The number of carbonyl (C=O) groups excluding carboxylic acids is 2. The molecule has 0 unspecified atom stereocenters. The van der Waals surface area contributed by atoms with Gasteiger partial charge < -0.3 is 29.3 Å². The summed E-state index contributed by atoms with van der Waals surface area (Å²) < 4.78 is 20.7. The topological polar surface area (TPSA) is 99.0 Å². The molecular formula is C17H20N2O6. The molecule has 0 spiro atoms. The zero-order valence-electron chi connectivity index (χ0n) is 14.3. The number of hydrogen-bond acceptors (Lipinski definition) is 6. The fourth-order valence-corrected chi connectivity index (χ4v) is 2.14. The van der Waals surface area contributed by atoms with Crippen molar-refractivity contribution in [1.82, 2.24) is 10.6 Å². The van der Waals surface area contributed by atoms with E-state index in [1.165, 1.54) is 39.7 Å². The van der Waals surface area contributed by atoms with Gasteiger partial charge in [-0.1, -0.05) is 0 Å². The second-order valence-corrected chi connectivity index (χ2v) is 4.95. The molecule has 0 saturated carbocycles. The van der Waals surface area contributed by atoms with E-state index >= 15 is 0 Å². The van der Waals surface area contributed by atoms with Crippen LogP contribution in [0.5, 0.6) is 17.2 Å². The van der Waals surface area contributed by atoms with Crippen LogP contribution in [-0.4, -0.2) is 39.7 Å². The molecule has 0 aliphatic carbocycles. The van der Waals surface area contributed by atoms with Gasteiger partial charge in [0.15, 0.2) is 11.5 Å². The van der Waals surface area contributed by atoms with Gasteiger partial charge in [-0.25, -0.2) is 0 Å². The number of hydrogen-bond donors (Lipinski definition) is 2. The summed E-state index contributed by atoms with van der Waals surface area (Å²) in [5.74, 6) is 0.954. The molecule has 0 radical (unpaired) electrons. The van der Waals surface area contributed by atoms with Crippen LogP contribution in [0.3, 0.4) is 0 Å². The standard InChI is InChI=1S/C17H20N2O6/c1-22-13-7-11(8-14(23-2)16(13)24-3)17(21)19-10-15(20)18-9-12-5-4-6-25-12/h4-8H,9-10H2,1-3H3,(H,18,20)(H,19,21). The van der Waals surface area contributed by atoms with Crippen LogP contribution < -0.4 is 24.8 Å². The largest absolute Gasteiger partial charge is 0.493 e. The van der Waals surface area contributed by atoms with E-state index in [1.54, 1.807) is 12.1 Å². The van der Waals surface area contributed by atoms with Crippen molar-refractivity contribution in [2.45, 2.75) is 6.54 Å². The number of rotatable bonds is 8. The lowest BCUT2D eigenvalue weighted by atomic mass is 10.1. The van der Waals surface area contributed by atoms with Crippen LogP contribution in [0.4, 0.5) is 0 Å². The zero-order chi connectivity index (χ0) is 18.2. The fourth-order valence-electron chi connectivity index (χ4n) is 2.14. The summed E-state index contributed by atoms with van der Waals surface area (Å²) in [6.07, 6.45) is 1.52. The molecule has 2 aromatic rings. The summed E-state index contributed by atoms with van der Waals surface area (Å²) >= 11 is 0. The first-order chi connectivity index (χ1) is 12.1. The molecule has 0 aliphatic heterocycles. The van der Waals surface area contributed by atoms with E-state index in [-0.39, 0.29) is 24.6 Å². The minimum Gasteiger partial charge on any atom is -0.493 e. The SMILES string of the molecule is COc1cc(C(=O)NCC(=O)NCc2ccco2)cc(OC)c1OC. The van der Waals surface area contributed by atoms with Crippen molar-refractivity contribution in [1.29, 1.82) is 0 Å². The van der Waals surface area contributed by atoms with Gasteiger partial charge in [0, 0.05) is 5.56 Å². The van der Waals surface area contributed by atoms with Gasteiger partial charge in [-0.3, -0.25) is 9.59 Å². The molecule has 0 aliphatic rings. The van der Waals surface area contributed by atoms with Crippen molar-refractivity contribution in [2.24, 2.45) is 0 Å². The smallest absolute Gasteiger partial charge is 0.251 e. The molecule has 2 amide bonds. The molecule has 8 nitrogen and oxygen atoms in total. The molecular weight excluding hydrogens is 328 g/mol. The van der Waals surface area contributed by atoms with Crippen molar-refractivity contribution in [2.75, 3.05) is 27.9 Å². The maximum atomic E-state index is 12.3. The first kappa shape index (κ1) is 18.2. The Labute approximate surface area is 145 Å². The van der Waals surface area contributed by atoms with Crippen LogP contribution in [-0.2, 0) is 11.3 Å². The predicted molar refractivity (Wildman–Crippen MR) is 89.0 cm³/mol. The summed E-state index contributed by atoms with van der Waals surface area (Å²) in [6, 6.07) is 6.50. The monoisotopic (exact) mass is 348 g/mol. The van der Waals surface area contributed by atoms with Crippen molar-refractivity contribution < 1.29 is 28.2 Å². The Balaban J connectivity index is 1.96. The highest BCUT2D eigenvalue weighted by Gasteiger charge is 2.17. The number of nitrogens with one attached hydrogen (secondary N) is 2. The van der Waals surface area contributed by atoms with Crippen LogP contribution in [0.15, 0.2) is 34.9 Å². The number of ether oxygens (including phenoxy) is 3. The average Bonchev–Trinajstić information content (AvgIpc) is 3.16. The predicted octanol–water partition coefficient (Wildman–Crippen LogP) is 1.35. The lowest BCUT2D eigenvalue weighted by Gasteiger charge is -2.14. The highest BCUT2D eigenvalue weighted by Crippen LogP contribution is 2.38. The molecule has 25 heavy (non-hydrogen) atoms. The molecule has 1 aromatic carbocycles. The number of benzene rings is 1. The first-order valence-corrected chi connectivity index (χ1v) is 7.46. The third kappa shape index (κ3) is 4.66. The van der Waals surface area contributed by atoms with Gasteiger partial charge >= 0.3 is 0 Å². The molecule has 0 fully saturated rings. The van der Waals surface area contributed by atoms with Gasteiger partial charge in [0.25, 0.3) is 5.91 Å². The van der Waals surface area contributed by atoms with Gasteiger partial charge in [0.2, 0.25) is 11.7 Å². The molecule has 8 heteroatoms. The minimum atomic E-state index is -0.438. The third-order valence-corrected chi connectivity index (χ3v) is 3.38. The molecule has 2 rings (SSSR count). The summed E-state index contributed by atoms with van der Waals surface area (Å²) in [4.78, 5) is 24.0. The lowest BCUT2D eigenvalue weighted by Crippen LogP contribution is -2.36. The number of amides is 2. The molecule has 0 atom stereocenters. The third-order valence-electron chi connectivity index (χ3n) is 3.38.